The molecule has 0 fully saturated rings. The van der Waals surface area contributed by atoms with Crippen LogP contribution in [0.3, 0.4) is 0 Å². The van der Waals surface area contributed by atoms with Gasteiger partial charge in [0.2, 0.25) is 0 Å². The summed E-state index contributed by atoms with van der Waals surface area (Å²) in [6.45, 7) is 2.43. The number of carbonyl (C=O) groups is 1. The Morgan fingerprint density at radius 2 is 2.29 bits per heavy atom. The van der Waals surface area contributed by atoms with Crippen molar-refractivity contribution in [1.82, 2.24) is 4.90 Å². The molecule has 0 aromatic heterocycles. The number of aromatic hydroxyl groups is 1. The molecular formula is C12H13FN2O2. The first-order valence-corrected chi connectivity index (χ1v) is 5.25. The monoisotopic (exact) mass is 236 g/mol. The lowest BCUT2D eigenvalue weighted by Gasteiger charge is -2.19. The largest absolute Gasteiger partial charge is 0.508 e. The Labute approximate surface area is 98.9 Å². The van der Waals surface area contributed by atoms with Crippen LogP contribution in [0.5, 0.6) is 5.75 Å². The van der Waals surface area contributed by atoms with E-state index in [0.717, 1.165) is 6.07 Å². The molecule has 0 aliphatic heterocycles. The van der Waals surface area contributed by atoms with E-state index < -0.39 is 11.7 Å². The fourth-order valence-corrected chi connectivity index (χ4v) is 1.44. The standard InChI is InChI=1S/C12H13FN2O2/c1-2-15(7-3-6-14)12(17)10-5-4-9(16)8-11(10)13/h4-5,8,16H,2-3,7H2,1H3. The zero-order valence-corrected chi connectivity index (χ0v) is 9.48. The molecule has 0 heterocycles. The first-order valence-electron chi connectivity index (χ1n) is 5.25. The summed E-state index contributed by atoms with van der Waals surface area (Å²) in [5, 5.41) is 17.5. The molecule has 1 aromatic carbocycles. The van der Waals surface area contributed by atoms with Gasteiger partial charge in [0.1, 0.15) is 11.6 Å². The van der Waals surface area contributed by atoms with Gasteiger partial charge in [0, 0.05) is 19.2 Å². The number of rotatable bonds is 4. The van der Waals surface area contributed by atoms with Crippen LogP contribution in [-0.4, -0.2) is 29.0 Å². The minimum Gasteiger partial charge on any atom is -0.508 e. The summed E-state index contributed by atoms with van der Waals surface area (Å²) in [6.07, 6.45) is 0.208. The van der Waals surface area contributed by atoms with Gasteiger partial charge in [-0.15, -0.1) is 0 Å². The van der Waals surface area contributed by atoms with Gasteiger partial charge in [-0.3, -0.25) is 4.79 Å². The third-order valence-electron chi connectivity index (χ3n) is 2.35. The van der Waals surface area contributed by atoms with Gasteiger partial charge in [0.25, 0.3) is 5.91 Å². The molecule has 0 saturated heterocycles. The zero-order valence-electron chi connectivity index (χ0n) is 9.48. The van der Waals surface area contributed by atoms with E-state index >= 15 is 0 Å². The second kappa shape index (κ2) is 5.85. The van der Waals surface area contributed by atoms with Crippen molar-refractivity contribution >= 4 is 5.91 Å². The number of nitrogens with zero attached hydrogens (tertiary/aromatic N) is 2. The minimum absolute atomic E-state index is 0.0948. The fraction of sp³-hybridized carbons (Fsp3) is 0.333. The molecule has 0 unspecified atom stereocenters. The summed E-state index contributed by atoms with van der Waals surface area (Å²) in [7, 11) is 0. The highest BCUT2D eigenvalue weighted by atomic mass is 19.1. The molecule has 0 aliphatic carbocycles. The van der Waals surface area contributed by atoms with Crippen LogP contribution in [0.4, 0.5) is 4.39 Å². The van der Waals surface area contributed by atoms with E-state index in [1.54, 1.807) is 6.92 Å². The van der Waals surface area contributed by atoms with E-state index in [0.29, 0.717) is 6.54 Å². The molecule has 0 bridgehead atoms. The number of phenolic OH excluding ortho intramolecular Hbond substituents is 1. The van der Waals surface area contributed by atoms with Crippen LogP contribution in [0.2, 0.25) is 0 Å². The third kappa shape index (κ3) is 3.18. The van der Waals surface area contributed by atoms with Crippen LogP contribution < -0.4 is 0 Å². The smallest absolute Gasteiger partial charge is 0.256 e. The van der Waals surface area contributed by atoms with Gasteiger partial charge in [0.15, 0.2) is 0 Å². The maximum Gasteiger partial charge on any atom is 0.256 e. The summed E-state index contributed by atoms with van der Waals surface area (Å²) in [5.41, 5.74) is -0.0948. The summed E-state index contributed by atoms with van der Waals surface area (Å²) in [4.78, 5) is 13.3. The maximum atomic E-state index is 13.4. The summed E-state index contributed by atoms with van der Waals surface area (Å²) < 4.78 is 13.4. The molecular weight excluding hydrogens is 223 g/mol. The normalized spacial score (nSPS) is 9.71. The molecule has 0 spiro atoms. The maximum absolute atomic E-state index is 13.4. The van der Waals surface area contributed by atoms with E-state index in [2.05, 4.69) is 0 Å². The van der Waals surface area contributed by atoms with Crippen molar-refractivity contribution in [2.45, 2.75) is 13.3 Å². The molecule has 1 rings (SSSR count). The predicted molar refractivity (Wildman–Crippen MR) is 59.9 cm³/mol. The molecule has 0 atom stereocenters. The average molecular weight is 236 g/mol. The third-order valence-corrected chi connectivity index (χ3v) is 2.35. The van der Waals surface area contributed by atoms with Gasteiger partial charge in [-0.2, -0.15) is 5.26 Å². The van der Waals surface area contributed by atoms with Crippen molar-refractivity contribution in [2.75, 3.05) is 13.1 Å². The van der Waals surface area contributed by atoms with Crippen LogP contribution in [0.1, 0.15) is 23.7 Å². The Kier molecular flexibility index (Phi) is 4.46. The van der Waals surface area contributed by atoms with Crippen LogP contribution in [0.25, 0.3) is 0 Å². The highest BCUT2D eigenvalue weighted by Crippen LogP contribution is 2.16. The van der Waals surface area contributed by atoms with Crippen LogP contribution in [0, 0.1) is 17.1 Å². The van der Waals surface area contributed by atoms with Gasteiger partial charge >= 0.3 is 0 Å². The Hall–Kier alpha value is -2.09. The van der Waals surface area contributed by atoms with Gasteiger partial charge in [-0.05, 0) is 19.1 Å². The molecule has 1 amide bonds. The fourth-order valence-electron chi connectivity index (χ4n) is 1.44. The van der Waals surface area contributed by atoms with E-state index in [9.17, 15) is 9.18 Å². The van der Waals surface area contributed by atoms with E-state index in [1.807, 2.05) is 6.07 Å². The second-order valence-electron chi connectivity index (χ2n) is 3.46. The highest BCUT2D eigenvalue weighted by Gasteiger charge is 2.17. The second-order valence-corrected chi connectivity index (χ2v) is 3.46. The average Bonchev–Trinajstić information content (AvgIpc) is 2.29. The van der Waals surface area contributed by atoms with E-state index in [-0.39, 0.29) is 24.3 Å². The number of nitriles is 1. The van der Waals surface area contributed by atoms with Crippen molar-refractivity contribution in [3.63, 3.8) is 0 Å². The first-order chi connectivity index (χ1) is 8.10. The Morgan fingerprint density at radius 3 is 2.82 bits per heavy atom. The lowest BCUT2D eigenvalue weighted by molar-refractivity contribution is 0.0763. The number of carbonyl (C=O) groups excluding carboxylic acids is 1. The van der Waals surface area contributed by atoms with Gasteiger partial charge < -0.3 is 10.0 Å². The molecule has 0 aliphatic rings. The van der Waals surface area contributed by atoms with Gasteiger partial charge in [0.05, 0.1) is 18.1 Å². The Bertz CT molecular complexity index is 454. The van der Waals surface area contributed by atoms with Crippen LogP contribution in [0.15, 0.2) is 18.2 Å². The van der Waals surface area contributed by atoms with Crippen molar-refractivity contribution in [1.29, 1.82) is 5.26 Å². The van der Waals surface area contributed by atoms with Crippen molar-refractivity contribution < 1.29 is 14.3 Å². The molecule has 1 N–H and O–H groups in total. The molecule has 17 heavy (non-hydrogen) atoms. The topological polar surface area (TPSA) is 64.3 Å². The van der Waals surface area contributed by atoms with Gasteiger partial charge in [-0.25, -0.2) is 4.39 Å². The number of hydrogen-bond donors (Lipinski definition) is 1. The van der Waals surface area contributed by atoms with E-state index in [1.165, 1.54) is 17.0 Å². The van der Waals surface area contributed by atoms with Crippen LogP contribution >= 0.6 is 0 Å². The molecule has 4 nitrogen and oxygen atoms in total. The molecule has 5 heteroatoms. The molecule has 0 radical (unpaired) electrons. The van der Waals surface area contributed by atoms with Crippen molar-refractivity contribution in [2.24, 2.45) is 0 Å². The quantitative estimate of drug-likeness (QED) is 0.868. The number of benzene rings is 1. The SMILES string of the molecule is CCN(CCC#N)C(=O)c1ccc(O)cc1F. The molecule has 0 saturated carbocycles. The number of hydrogen-bond acceptors (Lipinski definition) is 3. The predicted octanol–water partition coefficient (Wildman–Crippen LogP) is 1.91. The van der Waals surface area contributed by atoms with Crippen molar-refractivity contribution in [3.8, 4) is 11.8 Å². The summed E-state index contributed by atoms with van der Waals surface area (Å²) in [6, 6.07) is 5.33. The summed E-state index contributed by atoms with van der Waals surface area (Å²) >= 11 is 0. The lowest BCUT2D eigenvalue weighted by atomic mass is 10.1. The minimum atomic E-state index is -0.759. The molecule has 90 valence electrons. The van der Waals surface area contributed by atoms with E-state index in [4.69, 9.17) is 10.4 Å². The van der Waals surface area contributed by atoms with Crippen LogP contribution in [-0.2, 0) is 0 Å². The summed E-state index contributed by atoms with van der Waals surface area (Å²) in [5.74, 6) is -1.45. The molecule has 1 aromatic rings. The number of halogens is 1. The Balaban J connectivity index is 2.90. The Morgan fingerprint density at radius 1 is 1.59 bits per heavy atom. The lowest BCUT2D eigenvalue weighted by Crippen LogP contribution is -2.32. The van der Waals surface area contributed by atoms with Gasteiger partial charge in [-0.1, -0.05) is 0 Å². The first kappa shape index (κ1) is 13.0. The zero-order chi connectivity index (χ0) is 12.8. The number of phenols is 1. The number of amides is 1. The highest BCUT2D eigenvalue weighted by molar-refractivity contribution is 5.94. The van der Waals surface area contributed by atoms with Crippen molar-refractivity contribution in [3.05, 3.63) is 29.6 Å².